The number of hydrogen-bond donors (Lipinski definition) is 2. The molecule has 0 bridgehead atoms. The predicted molar refractivity (Wildman–Crippen MR) is 107 cm³/mol. The number of fused-ring (bicyclic) bond motifs is 1. The first-order valence-electron chi connectivity index (χ1n) is 7.91. The molecule has 3 rings (SSSR count). The van der Waals surface area contributed by atoms with Crippen molar-refractivity contribution >= 4 is 50.0 Å². The summed E-state index contributed by atoms with van der Waals surface area (Å²) in [6.45, 7) is 0.503. The minimum absolute atomic E-state index is 0.376. The van der Waals surface area contributed by atoms with Gasteiger partial charge >= 0.3 is 5.97 Å². The molecule has 0 radical (unpaired) electrons. The topological polar surface area (TPSA) is 76.1 Å². The Morgan fingerprint density at radius 1 is 1.19 bits per heavy atom. The minimum Gasteiger partial charge on any atom is -0.466 e. The maximum absolute atomic E-state index is 11.1. The van der Waals surface area contributed by atoms with Crippen molar-refractivity contribution in [1.82, 2.24) is 9.97 Å². The molecule has 0 spiro atoms. The maximum Gasteiger partial charge on any atom is 0.330 e. The van der Waals surface area contributed by atoms with E-state index in [1.54, 1.807) is 6.08 Å². The molecule has 1 heterocycles. The van der Waals surface area contributed by atoms with Gasteiger partial charge in [-0.15, -0.1) is 0 Å². The molecule has 0 aliphatic carbocycles. The van der Waals surface area contributed by atoms with Crippen molar-refractivity contribution in [2.24, 2.45) is 0 Å². The summed E-state index contributed by atoms with van der Waals surface area (Å²) in [7, 11) is 1.35. The Hall–Kier alpha value is -2.93. The van der Waals surface area contributed by atoms with Crippen LogP contribution >= 0.6 is 15.9 Å². The standard InChI is InChI=1S/C19H17BrN4O2/c1-26-18(25)6-3-9-21-14-7-8-17-16(11-14)19(23-12-22-17)24-15-5-2-4-13(20)10-15/h2-8,10-12,21H,9H2,1H3,(H,22,23,24)/b6-3+. The van der Waals surface area contributed by atoms with Gasteiger partial charge in [-0.25, -0.2) is 14.8 Å². The van der Waals surface area contributed by atoms with E-state index in [1.165, 1.54) is 19.5 Å². The maximum atomic E-state index is 11.1. The molecule has 0 amide bonds. The lowest BCUT2D eigenvalue weighted by Gasteiger charge is -2.10. The molecule has 0 aliphatic heterocycles. The van der Waals surface area contributed by atoms with Crippen molar-refractivity contribution in [3.05, 3.63) is 65.4 Å². The fraction of sp³-hybridized carbons (Fsp3) is 0.105. The zero-order valence-corrected chi connectivity index (χ0v) is 15.7. The molecule has 0 saturated carbocycles. The first-order chi connectivity index (χ1) is 12.7. The number of carbonyl (C=O) groups excluding carboxylic acids is 1. The Morgan fingerprint density at radius 2 is 2.08 bits per heavy atom. The van der Waals surface area contributed by atoms with E-state index in [2.05, 4.69) is 41.3 Å². The van der Waals surface area contributed by atoms with E-state index in [0.29, 0.717) is 6.54 Å². The Kier molecular flexibility index (Phi) is 5.80. The number of esters is 1. The molecule has 0 aliphatic rings. The molecule has 7 heteroatoms. The van der Waals surface area contributed by atoms with Gasteiger partial charge in [0, 0.05) is 33.9 Å². The van der Waals surface area contributed by atoms with Crippen LogP contribution in [0.2, 0.25) is 0 Å². The Bertz CT molecular complexity index is 959. The van der Waals surface area contributed by atoms with Crippen molar-refractivity contribution in [1.29, 1.82) is 0 Å². The van der Waals surface area contributed by atoms with E-state index in [0.717, 1.165) is 32.6 Å². The summed E-state index contributed by atoms with van der Waals surface area (Å²) in [5, 5.41) is 7.45. The minimum atomic E-state index is -0.376. The highest BCUT2D eigenvalue weighted by Gasteiger charge is 2.06. The SMILES string of the molecule is COC(=O)/C=C/CNc1ccc2ncnc(Nc3cccc(Br)c3)c2c1. The Morgan fingerprint density at radius 3 is 2.88 bits per heavy atom. The molecule has 2 N–H and O–H groups in total. The summed E-state index contributed by atoms with van der Waals surface area (Å²) in [5.41, 5.74) is 2.67. The molecule has 2 aromatic carbocycles. The summed E-state index contributed by atoms with van der Waals surface area (Å²) < 4.78 is 5.55. The van der Waals surface area contributed by atoms with E-state index in [4.69, 9.17) is 0 Å². The lowest BCUT2D eigenvalue weighted by molar-refractivity contribution is -0.134. The number of anilines is 3. The second-order valence-electron chi connectivity index (χ2n) is 5.40. The molecule has 26 heavy (non-hydrogen) atoms. The number of nitrogens with zero attached hydrogens (tertiary/aromatic N) is 2. The van der Waals surface area contributed by atoms with E-state index < -0.39 is 0 Å². The largest absolute Gasteiger partial charge is 0.466 e. The molecule has 0 saturated heterocycles. The van der Waals surface area contributed by atoms with Crippen LogP contribution < -0.4 is 10.6 Å². The van der Waals surface area contributed by atoms with E-state index in [9.17, 15) is 4.79 Å². The number of halogens is 1. The van der Waals surface area contributed by atoms with Crippen LogP contribution in [-0.2, 0) is 9.53 Å². The fourth-order valence-corrected chi connectivity index (χ4v) is 2.77. The summed E-state index contributed by atoms with van der Waals surface area (Å²) >= 11 is 3.47. The summed E-state index contributed by atoms with van der Waals surface area (Å²) in [6.07, 6.45) is 4.63. The molecule has 3 aromatic rings. The number of ether oxygens (including phenoxy) is 1. The monoisotopic (exact) mass is 412 g/mol. The van der Waals surface area contributed by atoms with Crippen molar-refractivity contribution in [3.63, 3.8) is 0 Å². The highest BCUT2D eigenvalue weighted by molar-refractivity contribution is 9.10. The number of benzene rings is 2. The van der Waals surface area contributed by atoms with Gasteiger partial charge in [-0.2, -0.15) is 0 Å². The van der Waals surface area contributed by atoms with Crippen molar-refractivity contribution in [2.45, 2.75) is 0 Å². The van der Waals surface area contributed by atoms with Gasteiger partial charge in [0.15, 0.2) is 0 Å². The first-order valence-corrected chi connectivity index (χ1v) is 8.71. The van der Waals surface area contributed by atoms with Gasteiger partial charge in [-0.05, 0) is 36.4 Å². The van der Waals surface area contributed by atoms with E-state index >= 15 is 0 Å². The molecular formula is C19H17BrN4O2. The molecule has 6 nitrogen and oxygen atoms in total. The van der Waals surface area contributed by atoms with Gasteiger partial charge in [-0.1, -0.05) is 28.1 Å². The van der Waals surface area contributed by atoms with Crippen molar-refractivity contribution in [3.8, 4) is 0 Å². The first kappa shape index (κ1) is 17.9. The third kappa shape index (κ3) is 4.58. The summed E-state index contributed by atoms with van der Waals surface area (Å²) in [5.74, 6) is 0.348. The lowest BCUT2D eigenvalue weighted by Crippen LogP contribution is -2.01. The average Bonchev–Trinajstić information content (AvgIpc) is 2.65. The van der Waals surface area contributed by atoms with Crippen LogP contribution in [0.25, 0.3) is 10.9 Å². The highest BCUT2D eigenvalue weighted by atomic mass is 79.9. The van der Waals surface area contributed by atoms with Gasteiger partial charge in [0.1, 0.15) is 12.1 Å². The van der Waals surface area contributed by atoms with Crippen LogP contribution in [0.3, 0.4) is 0 Å². The van der Waals surface area contributed by atoms with E-state index in [-0.39, 0.29) is 5.97 Å². The van der Waals surface area contributed by atoms with Gasteiger partial charge in [0.2, 0.25) is 0 Å². The summed E-state index contributed by atoms with van der Waals surface area (Å²) in [4.78, 5) is 19.7. The molecule has 132 valence electrons. The van der Waals surface area contributed by atoms with Gasteiger partial charge in [-0.3, -0.25) is 0 Å². The van der Waals surface area contributed by atoms with Gasteiger partial charge < -0.3 is 15.4 Å². The molecule has 1 aromatic heterocycles. The number of carbonyl (C=O) groups is 1. The Balaban J connectivity index is 1.81. The number of aromatic nitrogens is 2. The molecule has 0 fully saturated rings. The zero-order chi connectivity index (χ0) is 18.4. The number of methoxy groups -OCH3 is 1. The highest BCUT2D eigenvalue weighted by Crippen LogP contribution is 2.26. The van der Waals surface area contributed by atoms with Crippen LogP contribution in [-0.4, -0.2) is 29.6 Å². The summed E-state index contributed by atoms with van der Waals surface area (Å²) in [6, 6.07) is 13.7. The third-order valence-corrected chi connectivity index (χ3v) is 4.10. The second-order valence-corrected chi connectivity index (χ2v) is 6.31. The normalized spacial score (nSPS) is 10.8. The molecule has 0 atom stereocenters. The quantitative estimate of drug-likeness (QED) is 0.464. The van der Waals surface area contributed by atoms with Gasteiger partial charge in [0.25, 0.3) is 0 Å². The van der Waals surface area contributed by atoms with E-state index in [1.807, 2.05) is 42.5 Å². The van der Waals surface area contributed by atoms with Crippen molar-refractivity contribution in [2.75, 3.05) is 24.3 Å². The Labute approximate surface area is 159 Å². The average molecular weight is 413 g/mol. The zero-order valence-electron chi connectivity index (χ0n) is 14.1. The smallest absolute Gasteiger partial charge is 0.330 e. The van der Waals surface area contributed by atoms with Crippen LogP contribution in [0.5, 0.6) is 0 Å². The van der Waals surface area contributed by atoms with Crippen molar-refractivity contribution < 1.29 is 9.53 Å². The fourth-order valence-electron chi connectivity index (χ4n) is 2.37. The van der Waals surface area contributed by atoms with Crippen LogP contribution in [0.15, 0.2) is 65.4 Å². The lowest BCUT2D eigenvalue weighted by atomic mass is 10.2. The van der Waals surface area contributed by atoms with Crippen LogP contribution in [0, 0.1) is 0 Å². The number of rotatable bonds is 6. The number of hydrogen-bond acceptors (Lipinski definition) is 6. The third-order valence-electron chi connectivity index (χ3n) is 3.60. The molecular weight excluding hydrogens is 396 g/mol. The van der Waals surface area contributed by atoms with Gasteiger partial charge in [0.05, 0.1) is 12.6 Å². The van der Waals surface area contributed by atoms with Crippen LogP contribution in [0.1, 0.15) is 0 Å². The predicted octanol–water partition coefficient (Wildman–Crippen LogP) is 4.28. The van der Waals surface area contributed by atoms with Crippen LogP contribution in [0.4, 0.5) is 17.2 Å². The second kappa shape index (κ2) is 8.44. The number of nitrogens with one attached hydrogen (secondary N) is 2. The molecule has 0 unspecified atom stereocenters.